The minimum Gasteiger partial charge on any atom is -0.374 e. The van der Waals surface area contributed by atoms with Gasteiger partial charge in [0, 0.05) is 25.7 Å². The van der Waals surface area contributed by atoms with Gasteiger partial charge in [0.15, 0.2) is 0 Å². The number of morpholine rings is 1. The van der Waals surface area contributed by atoms with Crippen LogP contribution in [-0.4, -0.2) is 62.8 Å². The van der Waals surface area contributed by atoms with E-state index in [0.29, 0.717) is 12.6 Å². The molecule has 1 atom stereocenters. The van der Waals surface area contributed by atoms with Crippen molar-refractivity contribution in [3.63, 3.8) is 0 Å². The number of rotatable bonds is 7. The van der Waals surface area contributed by atoms with Gasteiger partial charge in [0.25, 0.3) is 0 Å². The third-order valence-electron chi connectivity index (χ3n) is 3.28. The molecule has 0 radical (unpaired) electrons. The molecule has 1 amide bonds. The number of nitrogens with one attached hydrogen (secondary N) is 2. The number of carbonyl (C=O) groups excluding carboxylic acids is 1. The highest BCUT2D eigenvalue weighted by atomic mass is 16.5. The summed E-state index contributed by atoms with van der Waals surface area (Å²) in [5.41, 5.74) is 0. The zero-order valence-corrected chi connectivity index (χ0v) is 11.9. The van der Waals surface area contributed by atoms with Crippen molar-refractivity contribution >= 4 is 5.91 Å². The molecule has 0 aromatic carbocycles. The predicted molar refractivity (Wildman–Crippen MR) is 72.6 cm³/mol. The predicted octanol–water partition coefficient (Wildman–Crippen LogP) is 0.211. The van der Waals surface area contributed by atoms with E-state index in [0.717, 1.165) is 39.1 Å². The van der Waals surface area contributed by atoms with Gasteiger partial charge in [-0.25, -0.2) is 0 Å². The molecule has 1 aliphatic rings. The van der Waals surface area contributed by atoms with Gasteiger partial charge in [-0.05, 0) is 19.9 Å². The normalized spacial score (nSPS) is 20.4. The summed E-state index contributed by atoms with van der Waals surface area (Å²) in [5, 5.41) is 6.34. The maximum Gasteiger partial charge on any atom is 0.234 e. The minimum atomic E-state index is 0.106. The number of ether oxygens (including phenoxy) is 1. The lowest BCUT2D eigenvalue weighted by Crippen LogP contribution is -2.47. The third-order valence-corrected chi connectivity index (χ3v) is 3.28. The number of hydrogen-bond acceptors (Lipinski definition) is 4. The standard InChI is InChI=1S/C13H27N3O2/c1-4-11(5-2)15-13(17)10-16(3)9-12-8-14-6-7-18-12/h11-12,14H,4-10H2,1-3H3,(H,15,17). The van der Waals surface area contributed by atoms with Crippen LogP contribution < -0.4 is 10.6 Å². The molecule has 1 unspecified atom stereocenters. The van der Waals surface area contributed by atoms with Crippen LogP contribution >= 0.6 is 0 Å². The Hall–Kier alpha value is -0.650. The summed E-state index contributed by atoms with van der Waals surface area (Å²) in [7, 11) is 1.96. The summed E-state index contributed by atoms with van der Waals surface area (Å²) >= 11 is 0. The Morgan fingerprint density at radius 1 is 1.50 bits per heavy atom. The van der Waals surface area contributed by atoms with Gasteiger partial charge in [-0.3, -0.25) is 9.69 Å². The molecule has 0 aromatic heterocycles. The molecule has 0 spiro atoms. The average molecular weight is 257 g/mol. The highest BCUT2D eigenvalue weighted by molar-refractivity contribution is 5.78. The van der Waals surface area contributed by atoms with Crippen LogP contribution in [0, 0.1) is 0 Å². The lowest BCUT2D eigenvalue weighted by atomic mass is 10.2. The van der Waals surface area contributed by atoms with Crippen molar-refractivity contribution < 1.29 is 9.53 Å². The highest BCUT2D eigenvalue weighted by Crippen LogP contribution is 1.99. The summed E-state index contributed by atoms with van der Waals surface area (Å²) in [4.78, 5) is 13.8. The molecule has 1 fully saturated rings. The Balaban J connectivity index is 2.21. The van der Waals surface area contributed by atoms with Crippen LogP contribution in [0.25, 0.3) is 0 Å². The van der Waals surface area contributed by atoms with Gasteiger partial charge in [0.1, 0.15) is 0 Å². The van der Waals surface area contributed by atoms with Gasteiger partial charge < -0.3 is 15.4 Å². The summed E-state index contributed by atoms with van der Waals surface area (Å²) in [5.74, 6) is 0.106. The Bertz CT molecular complexity index is 238. The molecule has 0 bridgehead atoms. The molecule has 1 heterocycles. The fraction of sp³-hybridized carbons (Fsp3) is 0.923. The molecule has 1 aliphatic heterocycles. The monoisotopic (exact) mass is 257 g/mol. The maximum atomic E-state index is 11.8. The molecule has 5 heteroatoms. The summed E-state index contributed by atoms with van der Waals surface area (Å²) in [6.07, 6.45) is 2.17. The van der Waals surface area contributed by atoms with Crippen molar-refractivity contribution in [2.45, 2.75) is 38.8 Å². The van der Waals surface area contributed by atoms with Crippen LogP contribution in [0.2, 0.25) is 0 Å². The first-order valence-electron chi connectivity index (χ1n) is 6.95. The Morgan fingerprint density at radius 3 is 2.78 bits per heavy atom. The molecule has 1 rings (SSSR count). The molecule has 1 saturated heterocycles. The molecule has 0 aliphatic carbocycles. The first kappa shape index (κ1) is 15.4. The highest BCUT2D eigenvalue weighted by Gasteiger charge is 2.17. The minimum absolute atomic E-state index is 0.106. The van der Waals surface area contributed by atoms with Crippen LogP contribution in [-0.2, 0) is 9.53 Å². The van der Waals surface area contributed by atoms with Gasteiger partial charge in [0.2, 0.25) is 5.91 Å². The smallest absolute Gasteiger partial charge is 0.234 e. The van der Waals surface area contributed by atoms with Crippen LogP contribution in [0.3, 0.4) is 0 Å². The van der Waals surface area contributed by atoms with E-state index in [-0.39, 0.29) is 12.0 Å². The topological polar surface area (TPSA) is 53.6 Å². The van der Waals surface area contributed by atoms with E-state index in [4.69, 9.17) is 4.74 Å². The number of likely N-dealkylation sites (N-methyl/N-ethyl adjacent to an activating group) is 1. The Labute approximate surface area is 110 Å². The maximum absolute atomic E-state index is 11.8. The number of nitrogens with zero attached hydrogens (tertiary/aromatic N) is 1. The lowest BCUT2D eigenvalue weighted by molar-refractivity contribution is -0.123. The van der Waals surface area contributed by atoms with Crippen LogP contribution in [0.15, 0.2) is 0 Å². The second-order valence-electron chi connectivity index (χ2n) is 4.97. The summed E-state index contributed by atoms with van der Waals surface area (Å²) < 4.78 is 5.62. The van der Waals surface area contributed by atoms with Crippen molar-refractivity contribution in [1.29, 1.82) is 0 Å². The third kappa shape index (κ3) is 5.80. The molecular formula is C13H27N3O2. The zero-order valence-electron chi connectivity index (χ0n) is 11.9. The van der Waals surface area contributed by atoms with Gasteiger partial charge in [0.05, 0.1) is 19.3 Å². The van der Waals surface area contributed by atoms with Crippen LogP contribution in [0.4, 0.5) is 0 Å². The van der Waals surface area contributed by atoms with E-state index in [1.165, 1.54) is 0 Å². The summed E-state index contributed by atoms with van der Waals surface area (Å²) in [6, 6.07) is 0.304. The van der Waals surface area contributed by atoms with Crippen molar-refractivity contribution in [1.82, 2.24) is 15.5 Å². The van der Waals surface area contributed by atoms with Crippen molar-refractivity contribution in [2.75, 3.05) is 39.8 Å². The molecule has 106 valence electrons. The second-order valence-corrected chi connectivity index (χ2v) is 4.97. The molecule has 0 aromatic rings. The number of carbonyl (C=O) groups is 1. The van der Waals surface area contributed by atoms with Crippen molar-refractivity contribution in [3.8, 4) is 0 Å². The Kier molecular flexibility index (Phi) is 7.23. The van der Waals surface area contributed by atoms with Gasteiger partial charge in [-0.2, -0.15) is 0 Å². The fourth-order valence-corrected chi connectivity index (χ4v) is 2.16. The van der Waals surface area contributed by atoms with E-state index >= 15 is 0 Å². The van der Waals surface area contributed by atoms with E-state index in [9.17, 15) is 4.79 Å². The lowest BCUT2D eigenvalue weighted by Gasteiger charge is -2.28. The van der Waals surface area contributed by atoms with Gasteiger partial charge in [-0.15, -0.1) is 0 Å². The molecular weight excluding hydrogens is 230 g/mol. The summed E-state index contributed by atoms with van der Waals surface area (Å²) in [6.45, 7) is 7.99. The van der Waals surface area contributed by atoms with E-state index in [2.05, 4.69) is 24.5 Å². The molecule has 0 saturated carbocycles. The fourth-order valence-electron chi connectivity index (χ4n) is 2.16. The number of amides is 1. The quantitative estimate of drug-likeness (QED) is 0.685. The average Bonchev–Trinajstić information content (AvgIpc) is 2.36. The molecule has 18 heavy (non-hydrogen) atoms. The van der Waals surface area contributed by atoms with Gasteiger partial charge in [-0.1, -0.05) is 13.8 Å². The molecule has 5 nitrogen and oxygen atoms in total. The van der Waals surface area contributed by atoms with Crippen LogP contribution in [0.1, 0.15) is 26.7 Å². The van der Waals surface area contributed by atoms with Crippen LogP contribution in [0.5, 0.6) is 0 Å². The largest absolute Gasteiger partial charge is 0.374 e. The van der Waals surface area contributed by atoms with E-state index < -0.39 is 0 Å². The van der Waals surface area contributed by atoms with Crippen molar-refractivity contribution in [3.05, 3.63) is 0 Å². The van der Waals surface area contributed by atoms with E-state index in [1.54, 1.807) is 0 Å². The number of hydrogen-bond donors (Lipinski definition) is 2. The van der Waals surface area contributed by atoms with Crippen molar-refractivity contribution in [2.24, 2.45) is 0 Å². The van der Waals surface area contributed by atoms with Gasteiger partial charge >= 0.3 is 0 Å². The SMILES string of the molecule is CCC(CC)NC(=O)CN(C)CC1CNCCO1. The van der Waals surface area contributed by atoms with E-state index in [1.807, 2.05) is 11.9 Å². The zero-order chi connectivity index (χ0) is 13.4. The molecule has 2 N–H and O–H groups in total. The second kappa shape index (κ2) is 8.45. The first-order valence-corrected chi connectivity index (χ1v) is 6.95. The Morgan fingerprint density at radius 2 is 2.22 bits per heavy atom. The first-order chi connectivity index (χ1) is 8.65.